The van der Waals surface area contributed by atoms with E-state index in [1.165, 1.54) is 6.07 Å². The van der Waals surface area contributed by atoms with E-state index < -0.39 is 27.4 Å². The molecule has 0 bridgehead atoms. The minimum Gasteiger partial charge on any atom is -0.478 e. The summed E-state index contributed by atoms with van der Waals surface area (Å²) in [5.41, 5.74) is -0.0675. The van der Waals surface area contributed by atoms with Crippen LogP contribution >= 0.6 is 11.6 Å². The fraction of sp³-hybridized carbons (Fsp3) is 0.235. The van der Waals surface area contributed by atoms with Gasteiger partial charge < -0.3 is 5.11 Å². The summed E-state index contributed by atoms with van der Waals surface area (Å²) in [5.74, 6) is -2.96. The largest absolute Gasteiger partial charge is 0.478 e. The zero-order valence-electron chi connectivity index (χ0n) is 13.4. The zero-order chi connectivity index (χ0) is 18.6. The number of carboxylic acid groups (broad SMARTS) is 1. The molecule has 0 aromatic heterocycles. The number of halogens is 2. The Morgan fingerprint density at radius 1 is 1.28 bits per heavy atom. The van der Waals surface area contributed by atoms with E-state index >= 15 is 0 Å². The molecule has 0 radical (unpaired) electrons. The summed E-state index contributed by atoms with van der Waals surface area (Å²) in [6, 6.07) is 10.3. The van der Waals surface area contributed by atoms with Gasteiger partial charge in [0.1, 0.15) is 5.56 Å². The van der Waals surface area contributed by atoms with Gasteiger partial charge in [0.05, 0.1) is 16.5 Å². The maximum Gasteiger partial charge on any atom is 0.340 e. The molecule has 5 nitrogen and oxygen atoms in total. The maximum atomic E-state index is 14.7. The Bertz CT molecular complexity index is 885. The SMILES string of the molecule is CCCS(=O)(=O)Nc1c(Cc2ccccc2)cc(Cl)c(C(=O)O)c1F. The van der Waals surface area contributed by atoms with Gasteiger partial charge in [0.25, 0.3) is 0 Å². The van der Waals surface area contributed by atoms with E-state index in [4.69, 9.17) is 16.7 Å². The van der Waals surface area contributed by atoms with Crippen molar-refractivity contribution in [3.8, 4) is 0 Å². The number of rotatable bonds is 7. The van der Waals surface area contributed by atoms with E-state index in [1.54, 1.807) is 31.2 Å². The van der Waals surface area contributed by atoms with E-state index in [1.807, 2.05) is 6.07 Å². The molecule has 2 rings (SSSR count). The van der Waals surface area contributed by atoms with Gasteiger partial charge in [-0.25, -0.2) is 17.6 Å². The second-order valence-electron chi connectivity index (χ2n) is 5.47. The topological polar surface area (TPSA) is 83.5 Å². The van der Waals surface area contributed by atoms with E-state index in [0.717, 1.165) is 5.56 Å². The minimum atomic E-state index is -3.80. The van der Waals surface area contributed by atoms with Gasteiger partial charge in [0.2, 0.25) is 10.0 Å². The van der Waals surface area contributed by atoms with Crippen LogP contribution < -0.4 is 4.72 Å². The third-order valence-electron chi connectivity index (χ3n) is 3.48. The maximum absolute atomic E-state index is 14.7. The smallest absolute Gasteiger partial charge is 0.340 e. The van der Waals surface area contributed by atoms with Gasteiger partial charge in [0.15, 0.2) is 5.82 Å². The van der Waals surface area contributed by atoms with Crippen LogP contribution in [0.5, 0.6) is 0 Å². The number of nitrogens with one attached hydrogen (secondary N) is 1. The molecule has 2 aromatic carbocycles. The van der Waals surface area contributed by atoms with Gasteiger partial charge in [0, 0.05) is 0 Å². The highest BCUT2D eigenvalue weighted by Crippen LogP contribution is 2.32. The predicted octanol–water partition coefficient (Wildman–Crippen LogP) is 3.92. The van der Waals surface area contributed by atoms with Gasteiger partial charge >= 0.3 is 5.97 Å². The molecule has 0 saturated carbocycles. The number of hydrogen-bond acceptors (Lipinski definition) is 3. The van der Waals surface area contributed by atoms with Crippen molar-refractivity contribution in [2.24, 2.45) is 0 Å². The number of aromatic carboxylic acids is 1. The first-order valence-corrected chi connectivity index (χ1v) is 9.56. The van der Waals surface area contributed by atoms with Crippen molar-refractivity contribution in [3.63, 3.8) is 0 Å². The van der Waals surface area contributed by atoms with Crippen molar-refractivity contribution in [3.05, 3.63) is 63.9 Å². The van der Waals surface area contributed by atoms with Crippen LogP contribution in [0.3, 0.4) is 0 Å². The monoisotopic (exact) mass is 385 g/mol. The van der Waals surface area contributed by atoms with Crippen molar-refractivity contribution in [2.45, 2.75) is 19.8 Å². The lowest BCUT2D eigenvalue weighted by Gasteiger charge is -2.16. The minimum absolute atomic E-state index is 0.196. The molecule has 8 heteroatoms. The second-order valence-corrected chi connectivity index (χ2v) is 7.72. The fourth-order valence-corrected chi connectivity index (χ4v) is 3.87. The Kier molecular flexibility index (Phi) is 6.02. The number of carbonyl (C=O) groups is 1. The third kappa shape index (κ3) is 4.70. The number of sulfonamides is 1. The third-order valence-corrected chi connectivity index (χ3v) is 5.24. The molecule has 2 N–H and O–H groups in total. The summed E-state index contributed by atoms with van der Waals surface area (Å²) >= 11 is 5.90. The first kappa shape index (κ1) is 19.2. The highest BCUT2D eigenvalue weighted by molar-refractivity contribution is 7.92. The summed E-state index contributed by atoms with van der Waals surface area (Å²) in [6.07, 6.45) is 0.533. The summed E-state index contributed by atoms with van der Waals surface area (Å²) in [7, 11) is -3.80. The molecule has 0 saturated heterocycles. The Balaban J connectivity index is 2.59. The lowest BCUT2D eigenvalue weighted by Crippen LogP contribution is -2.19. The Morgan fingerprint density at radius 3 is 2.48 bits per heavy atom. The zero-order valence-corrected chi connectivity index (χ0v) is 15.0. The number of benzene rings is 2. The quantitative estimate of drug-likeness (QED) is 0.756. The number of hydrogen-bond donors (Lipinski definition) is 2. The van der Waals surface area contributed by atoms with E-state index in [9.17, 15) is 17.6 Å². The molecule has 0 aliphatic rings. The van der Waals surface area contributed by atoms with Crippen molar-refractivity contribution in [2.75, 3.05) is 10.5 Å². The van der Waals surface area contributed by atoms with Crippen molar-refractivity contribution in [1.82, 2.24) is 0 Å². The number of carboxylic acids is 1. The molecule has 0 spiro atoms. The van der Waals surface area contributed by atoms with Crippen LogP contribution in [-0.2, 0) is 16.4 Å². The molecule has 0 atom stereocenters. The summed E-state index contributed by atoms with van der Waals surface area (Å²) < 4.78 is 41.0. The molecule has 2 aromatic rings. The lowest BCUT2D eigenvalue weighted by molar-refractivity contribution is 0.0692. The standard InChI is InChI=1S/C17H17ClFNO4S/c1-2-8-25(23,24)20-16-12(9-11-6-4-3-5-7-11)10-13(18)14(15(16)19)17(21)22/h3-7,10,20H,2,8-9H2,1H3,(H,21,22). The summed E-state index contributed by atoms with van der Waals surface area (Å²) in [6.45, 7) is 1.67. The second kappa shape index (κ2) is 7.84. The summed E-state index contributed by atoms with van der Waals surface area (Å²) in [5, 5.41) is 8.87. The van der Waals surface area contributed by atoms with Crippen molar-refractivity contribution in [1.29, 1.82) is 0 Å². The molecule has 0 aliphatic heterocycles. The van der Waals surface area contributed by atoms with Gasteiger partial charge in [-0.05, 0) is 30.0 Å². The average Bonchev–Trinajstić information content (AvgIpc) is 2.51. The first-order chi connectivity index (χ1) is 11.7. The highest BCUT2D eigenvalue weighted by Gasteiger charge is 2.25. The molecule has 0 unspecified atom stereocenters. The Labute approximate surface area is 150 Å². The molecule has 0 amide bonds. The fourth-order valence-electron chi connectivity index (χ4n) is 2.40. The van der Waals surface area contributed by atoms with Gasteiger partial charge in [-0.1, -0.05) is 48.9 Å². The Morgan fingerprint density at radius 2 is 1.92 bits per heavy atom. The predicted molar refractivity (Wildman–Crippen MR) is 95.3 cm³/mol. The molecular weight excluding hydrogens is 369 g/mol. The molecule has 134 valence electrons. The van der Waals surface area contributed by atoms with Crippen LogP contribution in [0.15, 0.2) is 36.4 Å². The van der Waals surface area contributed by atoms with E-state index in [0.29, 0.717) is 6.42 Å². The van der Waals surface area contributed by atoms with Crippen LogP contribution in [0.2, 0.25) is 5.02 Å². The Hall–Kier alpha value is -2.12. The highest BCUT2D eigenvalue weighted by atomic mass is 35.5. The van der Waals surface area contributed by atoms with Crippen molar-refractivity contribution < 1.29 is 22.7 Å². The lowest BCUT2D eigenvalue weighted by atomic mass is 10.0. The van der Waals surface area contributed by atoms with E-state index in [2.05, 4.69) is 4.72 Å². The molecule has 0 aliphatic carbocycles. The van der Waals surface area contributed by atoms with Crippen LogP contribution in [0.4, 0.5) is 10.1 Å². The molecule has 0 heterocycles. The normalized spacial score (nSPS) is 11.3. The first-order valence-electron chi connectivity index (χ1n) is 7.53. The molecular formula is C17H17ClFNO4S. The van der Waals surface area contributed by atoms with Crippen LogP contribution in [0, 0.1) is 5.82 Å². The molecule has 25 heavy (non-hydrogen) atoms. The average molecular weight is 386 g/mol. The van der Waals surface area contributed by atoms with Gasteiger partial charge in [-0.2, -0.15) is 0 Å². The van der Waals surface area contributed by atoms with Crippen LogP contribution in [0.1, 0.15) is 34.8 Å². The van der Waals surface area contributed by atoms with Crippen LogP contribution in [0.25, 0.3) is 0 Å². The summed E-state index contributed by atoms with van der Waals surface area (Å²) in [4.78, 5) is 11.3. The van der Waals surface area contributed by atoms with Gasteiger partial charge in [-0.15, -0.1) is 0 Å². The molecule has 0 fully saturated rings. The van der Waals surface area contributed by atoms with Crippen molar-refractivity contribution >= 4 is 33.3 Å². The number of anilines is 1. The van der Waals surface area contributed by atoms with Crippen LogP contribution in [-0.4, -0.2) is 25.2 Å². The van der Waals surface area contributed by atoms with Gasteiger partial charge in [-0.3, -0.25) is 4.72 Å². The van der Waals surface area contributed by atoms with E-state index in [-0.39, 0.29) is 28.4 Å².